The topological polar surface area (TPSA) is 98.5 Å². The van der Waals surface area contributed by atoms with Gasteiger partial charge in [0.1, 0.15) is 4.90 Å². The van der Waals surface area contributed by atoms with E-state index in [1.54, 1.807) is 0 Å². The van der Waals surface area contributed by atoms with Gasteiger partial charge >= 0.3 is 5.97 Å². The number of hydrogen-bond donors (Lipinski definition) is 1. The lowest BCUT2D eigenvalue weighted by atomic mass is 10.3. The third-order valence-corrected chi connectivity index (χ3v) is 3.00. The van der Waals surface area contributed by atoms with Crippen LogP contribution in [0, 0.1) is 0 Å². The lowest BCUT2D eigenvalue weighted by molar-refractivity contribution is -0.142. The van der Waals surface area contributed by atoms with Crippen molar-refractivity contribution < 1.29 is 23.1 Å². The van der Waals surface area contributed by atoms with E-state index in [-0.39, 0.29) is 11.5 Å². The number of hydrogen-bond acceptors (Lipinski definition) is 5. The van der Waals surface area contributed by atoms with Gasteiger partial charge in [-0.05, 0) is 0 Å². The maximum absolute atomic E-state index is 11.2. The normalized spacial score (nSPS) is 13.6. The van der Waals surface area contributed by atoms with Crippen LogP contribution in [0.25, 0.3) is 0 Å². The molecule has 0 aliphatic rings. The molecule has 0 amide bonds. The zero-order valence-electron chi connectivity index (χ0n) is 8.82. The lowest BCUT2D eigenvalue weighted by Crippen LogP contribution is -2.24. The van der Waals surface area contributed by atoms with Crippen LogP contribution in [0.3, 0.4) is 0 Å². The van der Waals surface area contributed by atoms with Crippen LogP contribution >= 0.6 is 0 Å². The van der Waals surface area contributed by atoms with Crippen LogP contribution in [0.4, 0.5) is 0 Å². The van der Waals surface area contributed by atoms with Gasteiger partial charge in [0.15, 0.2) is 15.9 Å². The smallest absolute Gasteiger partial charge is 0.330 e. The molecule has 0 saturated carbocycles. The first-order chi connectivity index (χ1) is 7.36. The number of carbonyl (C=O) groups is 1. The highest BCUT2D eigenvalue weighted by molar-refractivity contribution is 7.90. The van der Waals surface area contributed by atoms with Gasteiger partial charge in [0.05, 0.1) is 12.8 Å². The molecule has 1 atom stereocenters. The van der Waals surface area contributed by atoms with Crippen LogP contribution in [-0.2, 0) is 19.4 Å². The standard InChI is InChI=1S/C8H12N2O5S/c1-15-5-7(8(11)12)10-4-6(3-9-10)16(2,13)14/h3-4,7H,5H2,1-2H3,(H,11,12). The molecule has 1 aromatic rings. The largest absolute Gasteiger partial charge is 0.480 e. The van der Waals surface area contributed by atoms with Gasteiger partial charge in [-0.15, -0.1) is 0 Å². The summed E-state index contributed by atoms with van der Waals surface area (Å²) < 4.78 is 28.1. The number of aromatic nitrogens is 2. The fraction of sp³-hybridized carbons (Fsp3) is 0.500. The molecule has 0 fully saturated rings. The first kappa shape index (κ1) is 12.7. The minimum atomic E-state index is -3.37. The number of carboxylic acid groups (broad SMARTS) is 1. The Labute approximate surface area is 92.6 Å². The number of nitrogens with zero attached hydrogens (tertiary/aromatic N) is 2. The van der Waals surface area contributed by atoms with Crippen molar-refractivity contribution in [3.05, 3.63) is 12.4 Å². The molecule has 0 aliphatic heterocycles. The number of carboxylic acids is 1. The summed E-state index contributed by atoms with van der Waals surface area (Å²) >= 11 is 0. The van der Waals surface area contributed by atoms with Crippen LogP contribution in [0.1, 0.15) is 6.04 Å². The average molecular weight is 248 g/mol. The van der Waals surface area contributed by atoms with E-state index >= 15 is 0 Å². The van der Waals surface area contributed by atoms with Crippen LogP contribution in [-0.4, -0.2) is 49.2 Å². The van der Waals surface area contributed by atoms with Gasteiger partial charge in [-0.25, -0.2) is 13.2 Å². The molecule has 0 saturated heterocycles. The zero-order valence-corrected chi connectivity index (χ0v) is 9.64. The maximum Gasteiger partial charge on any atom is 0.330 e. The summed E-state index contributed by atoms with van der Waals surface area (Å²) in [6, 6.07) is -1.03. The molecule has 0 bridgehead atoms. The highest BCUT2D eigenvalue weighted by Crippen LogP contribution is 2.12. The fourth-order valence-corrected chi connectivity index (χ4v) is 1.64. The van der Waals surface area contributed by atoms with E-state index < -0.39 is 21.8 Å². The Morgan fingerprint density at radius 2 is 2.31 bits per heavy atom. The van der Waals surface area contributed by atoms with E-state index in [0.717, 1.165) is 17.1 Å². The molecule has 0 aliphatic carbocycles. The predicted octanol–water partition coefficient (Wildman–Crippen LogP) is -0.441. The molecule has 1 unspecified atom stereocenters. The maximum atomic E-state index is 11.2. The molecule has 90 valence electrons. The van der Waals surface area contributed by atoms with Crippen molar-refractivity contribution in [2.24, 2.45) is 0 Å². The average Bonchev–Trinajstić information content (AvgIpc) is 2.61. The molecule has 1 rings (SSSR count). The summed E-state index contributed by atoms with van der Waals surface area (Å²) in [5, 5.41) is 12.6. The van der Waals surface area contributed by atoms with Crippen molar-refractivity contribution in [2.45, 2.75) is 10.9 Å². The summed E-state index contributed by atoms with van der Waals surface area (Å²) in [5.74, 6) is -1.13. The number of aliphatic carboxylic acids is 1. The van der Waals surface area contributed by atoms with Crippen LogP contribution in [0.5, 0.6) is 0 Å². The van der Waals surface area contributed by atoms with E-state index in [4.69, 9.17) is 9.84 Å². The first-order valence-corrected chi connectivity index (χ1v) is 6.21. The van der Waals surface area contributed by atoms with Crippen molar-refractivity contribution in [1.29, 1.82) is 0 Å². The number of methoxy groups -OCH3 is 1. The van der Waals surface area contributed by atoms with Crippen LogP contribution in [0.15, 0.2) is 17.3 Å². The Morgan fingerprint density at radius 3 is 2.69 bits per heavy atom. The molecular weight excluding hydrogens is 236 g/mol. The highest BCUT2D eigenvalue weighted by Gasteiger charge is 2.22. The van der Waals surface area contributed by atoms with Gasteiger partial charge in [-0.3, -0.25) is 4.68 Å². The fourth-order valence-electron chi connectivity index (χ4n) is 1.10. The van der Waals surface area contributed by atoms with Gasteiger partial charge in [0.25, 0.3) is 0 Å². The molecule has 7 nitrogen and oxygen atoms in total. The number of sulfone groups is 1. The molecule has 1 N–H and O–H groups in total. The van der Waals surface area contributed by atoms with Crippen molar-refractivity contribution in [2.75, 3.05) is 20.0 Å². The summed E-state index contributed by atoms with van der Waals surface area (Å²) in [5.41, 5.74) is 0. The molecule has 0 radical (unpaired) electrons. The summed E-state index contributed by atoms with van der Waals surface area (Å²) in [6.07, 6.45) is 3.31. The van der Waals surface area contributed by atoms with Crippen LogP contribution < -0.4 is 0 Å². The van der Waals surface area contributed by atoms with Crippen LogP contribution in [0.2, 0.25) is 0 Å². The Kier molecular flexibility index (Phi) is 3.66. The van der Waals surface area contributed by atoms with E-state index in [1.807, 2.05) is 0 Å². The van der Waals surface area contributed by atoms with E-state index in [9.17, 15) is 13.2 Å². The number of rotatable bonds is 5. The summed E-state index contributed by atoms with van der Waals surface area (Å²) in [7, 11) is -2.02. The zero-order chi connectivity index (χ0) is 12.3. The molecule has 1 heterocycles. The quantitative estimate of drug-likeness (QED) is 0.758. The molecular formula is C8H12N2O5S. The Morgan fingerprint density at radius 1 is 1.69 bits per heavy atom. The van der Waals surface area contributed by atoms with E-state index in [2.05, 4.69) is 5.10 Å². The molecule has 0 aromatic carbocycles. The van der Waals surface area contributed by atoms with Crippen molar-refractivity contribution >= 4 is 15.8 Å². The lowest BCUT2D eigenvalue weighted by Gasteiger charge is -2.10. The molecule has 8 heteroatoms. The van der Waals surface area contributed by atoms with Crippen molar-refractivity contribution in [1.82, 2.24) is 9.78 Å². The number of ether oxygens (including phenoxy) is 1. The second kappa shape index (κ2) is 4.62. The molecule has 16 heavy (non-hydrogen) atoms. The van der Waals surface area contributed by atoms with E-state index in [0.29, 0.717) is 0 Å². The second-order valence-electron chi connectivity index (χ2n) is 3.24. The highest BCUT2D eigenvalue weighted by atomic mass is 32.2. The minimum Gasteiger partial charge on any atom is -0.480 e. The Hall–Kier alpha value is -1.41. The van der Waals surface area contributed by atoms with Gasteiger partial charge in [-0.1, -0.05) is 0 Å². The third-order valence-electron chi connectivity index (χ3n) is 1.93. The minimum absolute atomic E-state index is 0.0187. The predicted molar refractivity (Wildman–Crippen MR) is 53.9 cm³/mol. The second-order valence-corrected chi connectivity index (χ2v) is 5.25. The Bertz CT molecular complexity index is 478. The first-order valence-electron chi connectivity index (χ1n) is 4.32. The third kappa shape index (κ3) is 2.80. The summed E-state index contributed by atoms with van der Waals surface area (Å²) in [4.78, 5) is 10.8. The van der Waals surface area contributed by atoms with Gasteiger partial charge in [-0.2, -0.15) is 5.10 Å². The SMILES string of the molecule is COCC(C(=O)O)n1cc(S(C)(=O)=O)cn1. The molecule has 1 aromatic heterocycles. The summed E-state index contributed by atoms with van der Waals surface area (Å²) in [6.45, 7) is -0.0831. The molecule has 0 spiro atoms. The van der Waals surface area contributed by atoms with Gasteiger partial charge in [0.2, 0.25) is 0 Å². The van der Waals surface area contributed by atoms with E-state index in [1.165, 1.54) is 13.3 Å². The monoisotopic (exact) mass is 248 g/mol. The van der Waals surface area contributed by atoms with Gasteiger partial charge < -0.3 is 9.84 Å². The van der Waals surface area contributed by atoms with Gasteiger partial charge in [0, 0.05) is 19.6 Å². The van der Waals surface area contributed by atoms with Crippen molar-refractivity contribution in [3.8, 4) is 0 Å². The van der Waals surface area contributed by atoms with Crippen molar-refractivity contribution in [3.63, 3.8) is 0 Å². The Balaban J connectivity index is 3.04.